The smallest absolute Gasteiger partial charge is 0.0300 e. The van der Waals surface area contributed by atoms with Crippen molar-refractivity contribution >= 4 is 11.3 Å². The first kappa shape index (κ1) is 12.6. The maximum absolute atomic E-state index is 3.64. The third kappa shape index (κ3) is 2.63. The minimum Gasteiger partial charge on any atom is -0.310 e. The Morgan fingerprint density at radius 3 is 3.11 bits per heavy atom. The summed E-state index contributed by atoms with van der Waals surface area (Å²) in [7, 11) is 0. The molecule has 2 nitrogen and oxygen atoms in total. The first-order valence-electron chi connectivity index (χ1n) is 7.34. The molecule has 1 aromatic rings. The summed E-state index contributed by atoms with van der Waals surface area (Å²) in [5.41, 5.74) is 0. The third-order valence-electron chi connectivity index (χ3n) is 4.80. The third-order valence-corrected chi connectivity index (χ3v) is 5.67. The lowest BCUT2D eigenvalue weighted by Gasteiger charge is -2.50. The van der Waals surface area contributed by atoms with Crippen molar-refractivity contribution in [2.24, 2.45) is 11.8 Å². The summed E-state index contributed by atoms with van der Waals surface area (Å²) in [6.07, 6.45) is 4.24. The van der Waals surface area contributed by atoms with E-state index in [1.54, 1.807) is 0 Å². The maximum atomic E-state index is 3.64. The van der Waals surface area contributed by atoms with Crippen LogP contribution in [0.15, 0.2) is 17.5 Å². The first-order valence-corrected chi connectivity index (χ1v) is 8.22. The molecule has 3 aliphatic rings. The van der Waals surface area contributed by atoms with E-state index in [-0.39, 0.29) is 0 Å². The van der Waals surface area contributed by atoms with Gasteiger partial charge in [-0.2, -0.15) is 0 Å². The van der Waals surface area contributed by atoms with Crippen molar-refractivity contribution in [3.8, 4) is 0 Å². The van der Waals surface area contributed by atoms with Gasteiger partial charge in [0.05, 0.1) is 0 Å². The quantitative estimate of drug-likeness (QED) is 0.879. The molecule has 3 heteroatoms. The normalized spacial score (nSPS) is 34.9. The van der Waals surface area contributed by atoms with Gasteiger partial charge in [-0.25, -0.2) is 0 Å². The lowest BCUT2D eigenvalue weighted by Crippen LogP contribution is -2.56. The Morgan fingerprint density at radius 2 is 2.44 bits per heavy atom. The number of thiophene rings is 1. The van der Waals surface area contributed by atoms with Gasteiger partial charge in [0.15, 0.2) is 0 Å². The molecule has 2 bridgehead atoms. The molecule has 0 spiro atoms. The number of hydrogen-bond donors (Lipinski definition) is 1. The van der Waals surface area contributed by atoms with Crippen molar-refractivity contribution in [2.45, 2.75) is 38.8 Å². The van der Waals surface area contributed by atoms with Crippen molar-refractivity contribution in [1.82, 2.24) is 10.2 Å². The summed E-state index contributed by atoms with van der Waals surface area (Å²) in [4.78, 5) is 4.19. The van der Waals surface area contributed by atoms with Crippen molar-refractivity contribution in [2.75, 3.05) is 19.6 Å². The Kier molecular flexibility index (Phi) is 4.02. The van der Waals surface area contributed by atoms with Crippen LogP contribution in [0.1, 0.15) is 31.1 Å². The van der Waals surface area contributed by atoms with Gasteiger partial charge in [0.25, 0.3) is 0 Å². The highest BCUT2D eigenvalue weighted by Crippen LogP contribution is 2.37. The lowest BCUT2D eigenvalue weighted by atomic mass is 9.74. The van der Waals surface area contributed by atoms with Gasteiger partial charge in [-0.15, -0.1) is 11.3 Å². The molecule has 4 rings (SSSR count). The molecule has 4 atom stereocenters. The van der Waals surface area contributed by atoms with E-state index in [9.17, 15) is 0 Å². The zero-order valence-electron chi connectivity index (χ0n) is 11.3. The van der Waals surface area contributed by atoms with Crippen LogP contribution in [0.3, 0.4) is 0 Å². The van der Waals surface area contributed by atoms with Gasteiger partial charge >= 0.3 is 0 Å². The molecule has 0 radical (unpaired) electrons. The molecular formula is C15H24N2S. The number of hydrogen-bond acceptors (Lipinski definition) is 3. The number of rotatable bonds is 5. The van der Waals surface area contributed by atoms with Crippen LogP contribution in [0, 0.1) is 11.8 Å². The molecule has 4 heterocycles. The molecule has 1 unspecified atom stereocenters. The molecule has 3 saturated heterocycles. The molecule has 1 N–H and O–H groups in total. The topological polar surface area (TPSA) is 15.3 Å². The highest BCUT2D eigenvalue weighted by atomic mass is 32.1. The van der Waals surface area contributed by atoms with Crippen LogP contribution in [-0.2, 0) is 6.54 Å². The Morgan fingerprint density at radius 1 is 1.50 bits per heavy atom. The average Bonchev–Trinajstić information content (AvgIpc) is 2.92. The van der Waals surface area contributed by atoms with Crippen molar-refractivity contribution in [1.29, 1.82) is 0 Å². The predicted octanol–water partition coefficient (Wildman–Crippen LogP) is 2.96. The van der Waals surface area contributed by atoms with E-state index in [1.165, 1.54) is 43.8 Å². The van der Waals surface area contributed by atoms with E-state index in [0.717, 1.165) is 24.4 Å². The van der Waals surface area contributed by atoms with Gasteiger partial charge in [-0.1, -0.05) is 19.4 Å². The average molecular weight is 264 g/mol. The first-order chi connectivity index (χ1) is 8.86. The van der Waals surface area contributed by atoms with E-state index < -0.39 is 0 Å². The van der Waals surface area contributed by atoms with Gasteiger partial charge in [0, 0.05) is 30.6 Å². The highest BCUT2D eigenvalue weighted by Gasteiger charge is 2.38. The summed E-state index contributed by atoms with van der Waals surface area (Å²) in [6, 6.07) is 5.16. The van der Waals surface area contributed by atoms with E-state index in [2.05, 4.69) is 34.7 Å². The standard InChI is InChI=1S/C15H24N2S/c1-2-12-11-17-6-5-13(12)8-14(17)9-16-10-15-4-3-7-18-15/h3-4,7,12-14,16H,2,5-6,8-11H2,1H3/t12-,13+,14-/m1/s1. The fraction of sp³-hybridized carbons (Fsp3) is 0.733. The molecule has 0 aromatic carbocycles. The van der Waals surface area contributed by atoms with Gasteiger partial charge in [0.2, 0.25) is 0 Å². The zero-order valence-corrected chi connectivity index (χ0v) is 12.1. The Labute approximate surface area is 114 Å². The van der Waals surface area contributed by atoms with E-state index in [1.807, 2.05) is 11.3 Å². The Hall–Kier alpha value is -0.380. The summed E-state index contributed by atoms with van der Waals surface area (Å²) in [5.74, 6) is 1.99. The molecule has 3 aliphatic heterocycles. The lowest BCUT2D eigenvalue weighted by molar-refractivity contribution is 0.000354. The predicted molar refractivity (Wildman–Crippen MR) is 77.9 cm³/mol. The molecule has 100 valence electrons. The van der Waals surface area contributed by atoms with Gasteiger partial charge in [0.1, 0.15) is 0 Å². The fourth-order valence-electron chi connectivity index (χ4n) is 3.70. The molecule has 3 fully saturated rings. The number of piperidine rings is 3. The van der Waals surface area contributed by atoms with Crippen molar-refractivity contribution < 1.29 is 0 Å². The molecule has 0 aliphatic carbocycles. The second kappa shape index (κ2) is 5.72. The Bertz CT molecular complexity index is 363. The molecule has 0 amide bonds. The van der Waals surface area contributed by atoms with E-state index in [0.29, 0.717) is 0 Å². The van der Waals surface area contributed by atoms with Crippen molar-refractivity contribution in [3.63, 3.8) is 0 Å². The molecule has 0 saturated carbocycles. The molecular weight excluding hydrogens is 240 g/mol. The van der Waals surface area contributed by atoms with Crippen LogP contribution in [0.5, 0.6) is 0 Å². The second-order valence-electron chi connectivity index (χ2n) is 5.81. The van der Waals surface area contributed by atoms with Crippen LogP contribution in [0.4, 0.5) is 0 Å². The number of nitrogens with one attached hydrogen (secondary N) is 1. The van der Waals surface area contributed by atoms with Gasteiger partial charge in [-0.3, -0.25) is 4.90 Å². The minimum absolute atomic E-state index is 0.798. The highest BCUT2D eigenvalue weighted by molar-refractivity contribution is 7.09. The minimum atomic E-state index is 0.798. The van der Waals surface area contributed by atoms with Crippen LogP contribution in [0.25, 0.3) is 0 Å². The zero-order chi connectivity index (χ0) is 12.4. The van der Waals surface area contributed by atoms with Gasteiger partial charge in [-0.05, 0) is 42.7 Å². The van der Waals surface area contributed by atoms with Gasteiger partial charge < -0.3 is 5.32 Å². The summed E-state index contributed by atoms with van der Waals surface area (Å²) in [5, 5.41) is 5.81. The number of nitrogens with zero attached hydrogens (tertiary/aromatic N) is 1. The monoisotopic (exact) mass is 264 g/mol. The van der Waals surface area contributed by atoms with Crippen LogP contribution in [-0.4, -0.2) is 30.6 Å². The van der Waals surface area contributed by atoms with Crippen molar-refractivity contribution in [3.05, 3.63) is 22.4 Å². The van der Waals surface area contributed by atoms with E-state index in [4.69, 9.17) is 0 Å². The largest absolute Gasteiger partial charge is 0.310 e. The van der Waals surface area contributed by atoms with Crippen LogP contribution < -0.4 is 5.32 Å². The van der Waals surface area contributed by atoms with Crippen LogP contribution in [0.2, 0.25) is 0 Å². The summed E-state index contributed by atoms with van der Waals surface area (Å²) >= 11 is 1.85. The molecule has 1 aromatic heterocycles. The summed E-state index contributed by atoms with van der Waals surface area (Å²) in [6.45, 7) is 7.27. The van der Waals surface area contributed by atoms with E-state index >= 15 is 0 Å². The number of fused-ring (bicyclic) bond motifs is 3. The van der Waals surface area contributed by atoms with Crippen LogP contribution >= 0.6 is 11.3 Å². The molecule has 18 heavy (non-hydrogen) atoms. The maximum Gasteiger partial charge on any atom is 0.0300 e. The SMILES string of the molecule is CC[C@@H]1CN2CC[C@H]1C[C@@H]2CNCc1cccs1. The Balaban J connectivity index is 1.47. The summed E-state index contributed by atoms with van der Waals surface area (Å²) < 4.78 is 0. The second-order valence-corrected chi connectivity index (χ2v) is 6.84. The fourth-order valence-corrected chi connectivity index (χ4v) is 4.37.